The summed E-state index contributed by atoms with van der Waals surface area (Å²) in [4.78, 5) is 26.7. The van der Waals surface area contributed by atoms with Crippen molar-refractivity contribution < 1.29 is 14.7 Å². The summed E-state index contributed by atoms with van der Waals surface area (Å²) in [6.07, 6.45) is 2.86. The van der Waals surface area contributed by atoms with Gasteiger partial charge in [0, 0.05) is 6.20 Å². The SMILES string of the molecule is O=C(O)Cn1ccc(C(=O)Nc2ncn(Cc3ccc(Cl)c(Cl)c3)n2)n1. The van der Waals surface area contributed by atoms with Crippen molar-refractivity contribution in [1.29, 1.82) is 0 Å². The van der Waals surface area contributed by atoms with Gasteiger partial charge in [0.15, 0.2) is 5.69 Å². The van der Waals surface area contributed by atoms with E-state index in [1.54, 1.807) is 12.1 Å². The highest BCUT2D eigenvalue weighted by Crippen LogP contribution is 2.22. The van der Waals surface area contributed by atoms with Gasteiger partial charge in [0.25, 0.3) is 5.91 Å². The van der Waals surface area contributed by atoms with Crippen molar-refractivity contribution in [2.75, 3.05) is 5.32 Å². The lowest BCUT2D eigenvalue weighted by Crippen LogP contribution is -2.16. The topological polar surface area (TPSA) is 115 Å². The molecule has 1 aromatic carbocycles. The number of amides is 1. The maximum Gasteiger partial charge on any atom is 0.325 e. The third kappa shape index (κ3) is 4.38. The van der Waals surface area contributed by atoms with E-state index in [1.165, 1.54) is 23.3 Å². The van der Waals surface area contributed by atoms with Crippen molar-refractivity contribution in [1.82, 2.24) is 24.5 Å². The number of carbonyl (C=O) groups is 2. The van der Waals surface area contributed by atoms with E-state index in [1.807, 2.05) is 6.07 Å². The Bertz CT molecular complexity index is 968. The van der Waals surface area contributed by atoms with E-state index < -0.39 is 11.9 Å². The first-order chi connectivity index (χ1) is 12.4. The van der Waals surface area contributed by atoms with Gasteiger partial charge in [-0.05, 0) is 23.8 Å². The molecule has 1 amide bonds. The smallest absolute Gasteiger partial charge is 0.325 e. The van der Waals surface area contributed by atoms with Gasteiger partial charge in [-0.15, -0.1) is 5.10 Å². The Hall–Kier alpha value is -2.91. The summed E-state index contributed by atoms with van der Waals surface area (Å²) in [6.45, 7) is 0.0663. The molecule has 2 aromatic heterocycles. The lowest BCUT2D eigenvalue weighted by Gasteiger charge is -2.03. The van der Waals surface area contributed by atoms with Crippen LogP contribution in [-0.2, 0) is 17.9 Å². The fourth-order valence-electron chi connectivity index (χ4n) is 2.13. The average Bonchev–Trinajstić information content (AvgIpc) is 3.20. The first-order valence-electron chi connectivity index (χ1n) is 7.30. The molecule has 134 valence electrons. The van der Waals surface area contributed by atoms with Gasteiger partial charge in [0.05, 0.1) is 16.6 Å². The average molecular weight is 395 g/mol. The predicted molar refractivity (Wildman–Crippen MR) is 93.4 cm³/mol. The number of hydrogen-bond acceptors (Lipinski definition) is 5. The fraction of sp³-hybridized carbons (Fsp3) is 0.133. The first-order valence-corrected chi connectivity index (χ1v) is 8.06. The molecule has 0 atom stereocenters. The number of carbonyl (C=O) groups excluding carboxylic acids is 1. The van der Waals surface area contributed by atoms with Crippen molar-refractivity contribution in [3.63, 3.8) is 0 Å². The van der Waals surface area contributed by atoms with Gasteiger partial charge in [0.1, 0.15) is 12.9 Å². The molecule has 9 nitrogen and oxygen atoms in total. The minimum atomic E-state index is -1.05. The molecule has 0 fully saturated rings. The quantitative estimate of drug-likeness (QED) is 0.661. The van der Waals surface area contributed by atoms with E-state index in [0.29, 0.717) is 16.6 Å². The van der Waals surface area contributed by atoms with E-state index in [9.17, 15) is 9.59 Å². The minimum Gasteiger partial charge on any atom is -0.480 e. The lowest BCUT2D eigenvalue weighted by atomic mass is 10.2. The minimum absolute atomic E-state index is 0.0621. The van der Waals surface area contributed by atoms with E-state index >= 15 is 0 Å². The predicted octanol–water partition coefficient (Wildman–Crippen LogP) is 2.17. The number of halogens is 2. The van der Waals surface area contributed by atoms with Gasteiger partial charge in [-0.3, -0.25) is 19.6 Å². The van der Waals surface area contributed by atoms with Crippen molar-refractivity contribution in [3.05, 3.63) is 58.1 Å². The van der Waals surface area contributed by atoms with Crippen molar-refractivity contribution >= 4 is 41.0 Å². The van der Waals surface area contributed by atoms with Crippen LogP contribution in [0.3, 0.4) is 0 Å². The number of anilines is 1. The zero-order valence-corrected chi connectivity index (χ0v) is 14.6. The fourth-order valence-corrected chi connectivity index (χ4v) is 2.45. The highest BCUT2D eigenvalue weighted by Gasteiger charge is 2.13. The third-order valence-electron chi connectivity index (χ3n) is 3.26. The second-order valence-electron chi connectivity index (χ2n) is 5.26. The highest BCUT2D eigenvalue weighted by atomic mass is 35.5. The number of carboxylic acids is 1. The number of aromatic nitrogens is 5. The van der Waals surface area contributed by atoms with Crippen molar-refractivity contribution in [2.45, 2.75) is 13.1 Å². The molecule has 2 N–H and O–H groups in total. The van der Waals surface area contributed by atoms with Crippen LogP contribution >= 0.6 is 23.2 Å². The Balaban J connectivity index is 1.64. The number of nitrogens with zero attached hydrogens (tertiary/aromatic N) is 5. The lowest BCUT2D eigenvalue weighted by molar-refractivity contribution is -0.137. The number of nitrogens with one attached hydrogen (secondary N) is 1. The molecule has 3 rings (SSSR count). The monoisotopic (exact) mass is 394 g/mol. The molecule has 0 unspecified atom stereocenters. The highest BCUT2D eigenvalue weighted by molar-refractivity contribution is 6.42. The molecule has 11 heteroatoms. The zero-order chi connectivity index (χ0) is 18.7. The Morgan fingerprint density at radius 3 is 2.65 bits per heavy atom. The summed E-state index contributed by atoms with van der Waals surface area (Å²) < 4.78 is 2.67. The first kappa shape index (κ1) is 17.9. The van der Waals surface area contributed by atoms with Gasteiger partial charge in [-0.1, -0.05) is 29.3 Å². The van der Waals surface area contributed by atoms with E-state index in [2.05, 4.69) is 20.5 Å². The Labute approximate surface area is 157 Å². The summed E-state index contributed by atoms with van der Waals surface area (Å²) in [7, 11) is 0. The van der Waals surface area contributed by atoms with E-state index in [4.69, 9.17) is 28.3 Å². The summed E-state index contributed by atoms with van der Waals surface area (Å²) >= 11 is 11.9. The largest absolute Gasteiger partial charge is 0.480 e. The molecule has 26 heavy (non-hydrogen) atoms. The molecule has 0 aliphatic heterocycles. The van der Waals surface area contributed by atoms with Crippen molar-refractivity contribution in [2.24, 2.45) is 0 Å². The summed E-state index contributed by atoms with van der Waals surface area (Å²) in [6, 6.07) is 6.62. The van der Waals surface area contributed by atoms with Crippen LogP contribution in [0.2, 0.25) is 10.0 Å². The van der Waals surface area contributed by atoms with Crippen LogP contribution in [0.25, 0.3) is 0 Å². The van der Waals surface area contributed by atoms with Gasteiger partial charge in [0.2, 0.25) is 5.95 Å². The standard InChI is InChI=1S/C15H12Cl2N6O3/c16-10-2-1-9(5-11(10)17)6-23-8-18-15(21-23)19-14(26)12-3-4-22(20-12)7-13(24)25/h1-5,8H,6-7H2,(H,24,25)(H,19,21,26). The maximum absolute atomic E-state index is 12.1. The van der Waals surface area contributed by atoms with Crippen molar-refractivity contribution in [3.8, 4) is 0 Å². The second kappa shape index (κ2) is 7.54. The number of benzene rings is 1. The van der Waals surface area contributed by atoms with E-state index in [0.717, 1.165) is 10.2 Å². The molecular weight excluding hydrogens is 383 g/mol. The normalized spacial score (nSPS) is 10.7. The second-order valence-corrected chi connectivity index (χ2v) is 6.08. The number of hydrogen-bond donors (Lipinski definition) is 2. The molecular formula is C15H12Cl2N6O3. The molecule has 0 spiro atoms. The van der Waals surface area contributed by atoms with Gasteiger partial charge < -0.3 is 5.11 Å². The summed E-state index contributed by atoms with van der Waals surface area (Å²) in [5.74, 6) is -1.49. The zero-order valence-electron chi connectivity index (χ0n) is 13.1. The molecule has 0 aliphatic rings. The molecule has 0 aliphatic carbocycles. The maximum atomic E-state index is 12.1. The third-order valence-corrected chi connectivity index (χ3v) is 4.00. The number of rotatable bonds is 6. The van der Waals surface area contributed by atoms with Crippen LogP contribution in [0.1, 0.15) is 16.1 Å². The summed E-state index contributed by atoms with van der Waals surface area (Å²) in [5.41, 5.74) is 0.932. The van der Waals surface area contributed by atoms with Gasteiger partial charge >= 0.3 is 5.97 Å². The van der Waals surface area contributed by atoms with E-state index in [-0.39, 0.29) is 18.2 Å². The van der Waals surface area contributed by atoms with Crippen LogP contribution in [0.15, 0.2) is 36.8 Å². The number of carboxylic acid groups (broad SMARTS) is 1. The molecule has 0 bridgehead atoms. The van der Waals surface area contributed by atoms with Gasteiger partial charge in [-0.25, -0.2) is 9.67 Å². The van der Waals surface area contributed by atoms with Crippen LogP contribution in [0, 0.1) is 0 Å². The molecule has 2 heterocycles. The Kier molecular flexibility index (Phi) is 5.19. The Morgan fingerprint density at radius 2 is 1.92 bits per heavy atom. The molecule has 3 aromatic rings. The molecule has 0 radical (unpaired) electrons. The number of aliphatic carboxylic acids is 1. The molecule has 0 saturated carbocycles. The molecule has 0 saturated heterocycles. The van der Waals surface area contributed by atoms with Crippen LogP contribution in [0.5, 0.6) is 0 Å². The summed E-state index contributed by atoms with van der Waals surface area (Å²) in [5, 5.41) is 20.1. The van der Waals surface area contributed by atoms with Gasteiger partial charge in [-0.2, -0.15) is 5.10 Å². The van der Waals surface area contributed by atoms with Crippen LogP contribution < -0.4 is 5.32 Å². The van der Waals surface area contributed by atoms with Crippen LogP contribution in [0.4, 0.5) is 5.95 Å². The van der Waals surface area contributed by atoms with Crippen LogP contribution in [-0.4, -0.2) is 41.5 Å². The Morgan fingerprint density at radius 1 is 1.12 bits per heavy atom.